The molecule has 0 amide bonds. The van der Waals surface area contributed by atoms with Crippen molar-refractivity contribution >= 4 is 27.5 Å². The number of hydrogen-bond donors (Lipinski definition) is 0. The standard InChI is InChI=1S/C25H30O3/c1-7-24(3,4)23(26)27-21-11-9-17-14-20-16-22(28-25(5,6)8-2)12-10-18(20)13-19(17)15-21/h9-16H,7-8H2,1-6H3. The number of carbonyl (C=O) groups is 1. The van der Waals surface area contributed by atoms with Crippen LogP contribution in [0.3, 0.4) is 0 Å². The van der Waals surface area contributed by atoms with Crippen molar-refractivity contribution in [1.82, 2.24) is 0 Å². The predicted octanol–water partition coefficient (Wildman–Crippen LogP) is 6.90. The van der Waals surface area contributed by atoms with Crippen LogP contribution in [0.4, 0.5) is 0 Å². The summed E-state index contributed by atoms with van der Waals surface area (Å²) in [6, 6.07) is 16.2. The Kier molecular flexibility index (Phi) is 5.38. The van der Waals surface area contributed by atoms with Crippen LogP contribution in [0.2, 0.25) is 0 Å². The molecule has 0 spiro atoms. The second-order valence-corrected chi connectivity index (χ2v) is 8.71. The number of fused-ring (bicyclic) bond motifs is 2. The lowest BCUT2D eigenvalue weighted by Gasteiger charge is -2.25. The van der Waals surface area contributed by atoms with Crippen molar-refractivity contribution < 1.29 is 14.3 Å². The fourth-order valence-electron chi connectivity index (χ4n) is 2.86. The number of benzene rings is 3. The number of esters is 1. The minimum absolute atomic E-state index is 0.185. The molecule has 0 saturated carbocycles. The van der Waals surface area contributed by atoms with Gasteiger partial charge in [-0.15, -0.1) is 0 Å². The van der Waals surface area contributed by atoms with Gasteiger partial charge in [0.05, 0.1) is 5.41 Å². The maximum Gasteiger partial charge on any atom is 0.316 e. The first-order valence-electron chi connectivity index (χ1n) is 10.0. The van der Waals surface area contributed by atoms with E-state index in [-0.39, 0.29) is 11.6 Å². The van der Waals surface area contributed by atoms with Crippen molar-refractivity contribution in [3.63, 3.8) is 0 Å². The van der Waals surface area contributed by atoms with E-state index in [4.69, 9.17) is 9.47 Å². The van der Waals surface area contributed by atoms with Crippen LogP contribution in [0.25, 0.3) is 21.5 Å². The van der Waals surface area contributed by atoms with E-state index < -0.39 is 5.41 Å². The van der Waals surface area contributed by atoms with Gasteiger partial charge in [-0.1, -0.05) is 26.0 Å². The fraction of sp³-hybridized carbons (Fsp3) is 0.400. The molecule has 0 radical (unpaired) electrons. The lowest BCUT2D eigenvalue weighted by atomic mass is 9.91. The lowest BCUT2D eigenvalue weighted by molar-refractivity contribution is -0.144. The van der Waals surface area contributed by atoms with Crippen LogP contribution in [0.1, 0.15) is 54.4 Å². The number of ether oxygens (including phenoxy) is 2. The molecule has 3 rings (SSSR count). The Labute approximate surface area is 167 Å². The van der Waals surface area contributed by atoms with Crippen molar-refractivity contribution in [2.45, 2.75) is 60.0 Å². The van der Waals surface area contributed by atoms with Gasteiger partial charge in [-0.05, 0) is 98.5 Å². The maximum absolute atomic E-state index is 12.4. The van der Waals surface area contributed by atoms with Crippen LogP contribution in [0.15, 0.2) is 48.5 Å². The minimum atomic E-state index is -0.485. The van der Waals surface area contributed by atoms with Gasteiger partial charge in [-0.25, -0.2) is 0 Å². The summed E-state index contributed by atoms with van der Waals surface area (Å²) in [4.78, 5) is 12.4. The summed E-state index contributed by atoms with van der Waals surface area (Å²) in [6.07, 6.45) is 1.68. The van der Waals surface area contributed by atoms with E-state index in [1.54, 1.807) is 0 Å². The molecule has 0 unspecified atom stereocenters. The monoisotopic (exact) mass is 378 g/mol. The summed E-state index contributed by atoms with van der Waals surface area (Å²) in [5.41, 5.74) is -0.670. The first-order chi connectivity index (χ1) is 13.1. The summed E-state index contributed by atoms with van der Waals surface area (Å²) in [5, 5.41) is 4.42. The molecule has 0 fully saturated rings. The van der Waals surface area contributed by atoms with Crippen molar-refractivity contribution in [2.24, 2.45) is 5.41 Å². The highest BCUT2D eigenvalue weighted by atomic mass is 16.5. The highest BCUT2D eigenvalue weighted by Crippen LogP contribution is 2.31. The van der Waals surface area contributed by atoms with E-state index in [0.29, 0.717) is 5.75 Å². The summed E-state index contributed by atoms with van der Waals surface area (Å²) in [5.74, 6) is 1.27. The van der Waals surface area contributed by atoms with Gasteiger partial charge in [0.1, 0.15) is 17.1 Å². The maximum atomic E-state index is 12.4. The van der Waals surface area contributed by atoms with E-state index in [0.717, 1.165) is 40.1 Å². The molecule has 3 aromatic rings. The normalized spacial score (nSPS) is 12.4. The third kappa shape index (κ3) is 4.30. The Morgan fingerprint density at radius 2 is 1.29 bits per heavy atom. The van der Waals surface area contributed by atoms with Crippen LogP contribution in [0, 0.1) is 5.41 Å². The Morgan fingerprint density at radius 1 is 0.750 bits per heavy atom. The number of hydrogen-bond acceptors (Lipinski definition) is 3. The molecule has 28 heavy (non-hydrogen) atoms. The molecule has 3 heteroatoms. The molecule has 0 aliphatic rings. The fourth-order valence-corrected chi connectivity index (χ4v) is 2.86. The summed E-state index contributed by atoms with van der Waals surface area (Å²) in [6.45, 7) is 12.1. The molecular formula is C25H30O3. The number of carbonyl (C=O) groups excluding carboxylic acids is 1. The Morgan fingerprint density at radius 3 is 1.82 bits per heavy atom. The Hall–Kier alpha value is -2.55. The third-order valence-electron chi connectivity index (χ3n) is 5.63. The first-order valence-corrected chi connectivity index (χ1v) is 10.0. The zero-order valence-electron chi connectivity index (χ0n) is 17.8. The second-order valence-electron chi connectivity index (χ2n) is 8.71. The van der Waals surface area contributed by atoms with Crippen LogP contribution < -0.4 is 9.47 Å². The average molecular weight is 379 g/mol. The zero-order chi connectivity index (χ0) is 20.5. The third-order valence-corrected chi connectivity index (χ3v) is 5.63. The van der Waals surface area contributed by atoms with Gasteiger partial charge in [0.2, 0.25) is 0 Å². The molecule has 148 valence electrons. The van der Waals surface area contributed by atoms with E-state index in [1.165, 1.54) is 0 Å². The van der Waals surface area contributed by atoms with Gasteiger partial charge in [0, 0.05) is 0 Å². The quantitative estimate of drug-likeness (QED) is 0.266. The van der Waals surface area contributed by atoms with Crippen LogP contribution in [0.5, 0.6) is 11.5 Å². The highest BCUT2D eigenvalue weighted by molar-refractivity contribution is 5.99. The molecule has 0 N–H and O–H groups in total. The largest absolute Gasteiger partial charge is 0.488 e. The first kappa shape index (κ1) is 20.2. The molecule has 0 bridgehead atoms. The van der Waals surface area contributed by atoms with Crippen LogP contribution >= 0.6 is 0 Å². The topological polar surface area (TPSA) is 35.5 Å². The second kappa shape index (κ2) is 7.46. The lowest BCUT2D eigenvalue weighted by Crippen LogP contribution is -2.28. The molecule has 0 atom stereocenters. The van der Waals surface area contributed by atoms with Crippen molar-refractivity contribution in [1.29, 1.82) is 0 Å². The van der Waals surface area contributed by atoms with Gasteiger partial charge >= 0.3 is 5.97 Å². The van der Waals surface area contributed by atoms with Crippen molar-refractivity contribution in [2.75, 3.05) is 0 Å². The van der Waals surface area contributed by atoms with E-state index in [2.05, 4.69) is 45.0 Å². The van der Waals surface area contributed by atoms with Crippen LogP contribution in [-0.2, 0) is 4.79 Å². The van der Waals surface area contributed by atoms with E-state index in [1.807, 2.05) is 45.0 Å². The smallest absolute Gasteiger partial charge is 0.316 e. The van der Waals surface area contributed by atoms with Gasteiger partial charge in [-0.2, -0.15) is 0 Å². The van der Waals surface area contributed by atoms with Crippen molar-refractivity contribution in [3.8, 4) is 11.5 Å². The van der Waals surface area contributed by atoms with Crippen molar-refractivity contribution in [3.05, 3.63) is 48.5 Å². The van der Waals surface area contributed by atoms with Gasteiger partial charge in [0.25, 0.3) is 0 Å². The molecular weight excluding hydrogens is 348 g/mol. The van der Waals surface area contributed by atoms with Gasteiger partial charge in [-0.3, -0.25) is 4.79 Å². The highest BCUT2D eigenvalue weighted by Gasteiger charge is 2.27. The van der Waals surface area contributed by atoms with Gasteiger partial charge < -0.3 is 9.47 Å². The molecule has 3 nitrogen and oxygen atoms in total. The summed E-state index contributed by atoms with van der Waals surface area (Å²) >= 11 is 0. The Bertz CT molecular complexity index is 1010. The Balaban J connectivity index is 1.93. The summed E-state index contributed by atoms with van der Waals surface area (Å²) < 4.78 is 11.7. The zero-order valence-corrected chi connectivity index (χ0v) is 17.8. The number of rotatable bonds is 6. The minimum Gasteiger partial charge on any atom is -0.488 e. The molecule has 0 aromatic heterocycles. The van der Waals surface area contributed by atoms with E-state index in [9.17, 15) is 4.79 Å². The van der Waals surface area contributed by atoms with Gasteiger partial charge in [0.15, 0.2) is 0 Å². The molecule has 0 saturated heterocycles. The molecule has 0 heterocycles. The molecule has 3 aromatic carbocycles. The predicted molar refractivity (Wildman–Crippen MR) is 116 cm³/mol. The average Bonchev–Trinajstić information content (AvgIpc) is 2.66. The summed E-state index contributed by atoms with van der Waals surface area (Å²) in [7, 11) is 0. The SMILES string of the molecule is CCC(C)(C)Oc1ccc2cc3cc(OC(=O)C(C)(C)CC)ccc3cc2c1. The van der Waals surface area contributed by atoms with Crippen LogP contribution in [-0.4, -0.2) is 11.6 Å². The van der Waals surface area contributed by atoms with E-state index >= 15 is 0 Å². The molecule has 0 aliphatic carbocycles. The molecule has 0 aliphatic heterocycles.